The summed E-state index contributed by atoms with van der Waals surface area (Å²) in [7, 11) is 7.01. The number of amides is 1. The predicted molar refractivity (Wildman–Crippen MR) is 78.8 cm³/mol. The van der Waals surface area contributed by atoms with Crippen LogP contribution in [0, 0.1) is 0 Å². The smallest absolute Gasteiger partial charge is 0.238 e. The number of nitrogens with zero attached hydrogens (tertiary/aromatic N) is 3. The van der Waals surface area contributed by atoms with Gasteiger partial charge in [-0.2, -0.15) is 5.10 Å². The molecule has 0 spiro atoms. The van der Waals surface area contributed by atoms with Crippen LogP contribution < -0.4 is 10.1 Å². The Balaban J connectivity index is 2.89. The lowest BCUT2D eigenvalue weighted by molar-refractivity contribution is -0.130. The molecule has 0 unspecified atom stereocenters. The van der Waals surface area contributed by atoms with Crippen LogP contribution >= 0.6 is 0 Å². The number of ether oxygens (including phenoxy) is 1. The van der Waals surface area contributed by atoms with Gasteiger partial charge >= 0.3 is 0 Å². The van der Waals surface area contributed by atoms with Crippen molar-refractivity contribution in [3.8, 4) is 5.88 Å². The summed E-state index contributed by atoms with van der Waals surface area (Å²) in [6.07, 6.45) is 0. The van der Waals surface area contributed by atoms with E-state index in [1.165, 1.54) is 0 Å². The van der Waals surface area contributed by atoms with Crippen LogP contribution in [0.1, 0.15) is 37.9 Å². The van der Waals surface area contributed by atoms with E-state index < -0.39 is 0 Å². The van der Waals surface area contributed by atoms with Crippen molar-refractivity contribution < 1.29 is 9.53 Å². The summed E-state index contributed by atoms with van der Waals surface area (Å²) >= 11 is 0. The zero-order valence-electron chi connectivity index (χ0n) is 13.5. The van der Waals surface area contributed by atoms with Gasteiger partial charge in [0.2, 0.25) is 11.8 Å². The third-order valence-electron chi connectivity index (χ3n) is 3.26. The molecule has 0 saturated carbocycles. The Labute approximate surface area is 121 Å². The van der Waals surface area contributed by atoms with Gasteiger partial charge in [-0.1, -0.05) is 13.8 Å². The molecule has 1 aromatic rings. The van der Waals surface area contributed by atoms with Crippen molar-refractivity contribution in [3.63, 3.8) is 0 Å². The van der Waals surface area contributed by atoms with Crippen LogP contribution in [0.4, 0.5) is 0 Å². The lowest BCUT2D eigenvalue weighted by atomic mass is 10.1. The Kier molecular flexibility index (Phi) is 5.56. The van der Waals surface area contributed by atoms with Crippen molar-refractivity contribution in [2.45, 2.75) is 39.3 Å². The molecule has 0 aliphatic rings. The van der Waals surface area contributed by atoms with E-state index in [9.17, 15) is 4.79 Å². The minimum atomic E-state index is -0.241. The molecule has 0 fully saturated rings. The van der Waals surface area contributed by atoms with Crippen molar-refractivity contribution in [3.05, 3.63) is 11.3 Å². The summed E-state index contributed by atoms with van der Waals surface area (Å²) in [5, 5.41) is 7.73. The van der Waals surface area contributed by atoms with Crippen molar-refractivity contribution in [1.82, 2.24) is 20.0 Å². The summed E-state index contributed by atoms with van der Waals surface area (Å²) in [5.74, 6) is 1.10. The summed E-state index contributed by atoms with van der Waals surface area (Å²) in [6.45, 7) is 6.62. The molecule has 0 aliphatic heterocycles. The highest BCUT2D eigenvalue weighted by Gasteiger charge is 2.21. The number of aromatic nitrogens is 2. The molecule has 114 valence electrons. The van der Waals surface area contributed by atoms with E-state index >= 15 is 0 Å². The zero-order chi connectivity index (χ0) is 15.4. The number of carbonyl (C=O) groups excluding carboxylic acids is 1. The number of carbonyl (C=O) groups is 1. The van der Waals surface area contributed by atoms with E-state index in [0.29, 0.717) is 12.5 Å². The van der Waals surface area contributed by atoms with Gasteiger partial charge in [-0.3, -0.25) is 4.79 Å². The second kappa shape index (κ2) is 6.74. The van der Waals surface area contributed by atoms with Gasteiger partial charge in [0.05, 0.1) is 24.4 Å². The van der Waals surface area contributed by atoms with Gasteiger partial charge in [-0.05, 0) is 12.8 Å². The number of likely N-dealkylation sites (N-methyl/N-ethyl adjacent to an activating group) is 1. The number of hydrogen-bond acceptors (Lipinski definition) is 4. The Bertz CT molecular complexity index is 466. The number of hydrogen-bond donors (Lipinski definition) is 1. The maximum Gasteiger partial charge on any atom is 0.238 e. The van der Waals surface area contributed by atoms with Crippen LogP contribution in [0.2, 0.25) is 0 Å². The Hall–Kier alpha value is -1.56. The molecule has 0 aliphatic carbocycles. The maximum absolute atomic E-state index is 11.9. The van der Waals surface area contributed by atoms with Gasteiger partial charge in [0.1, 0.15) is 0 Å². The van der Waals surface area contributed by atoms with E-state index in [1.54, 1.807) is 30.8 Å². The first-order valence-corrected chi connectivity index (χ1v) is 6.83. The van der Waals surface area contributed by atoms with Gasteiger partial charge in [-0.25, -0.2) is 4.68 Å². The average molecular weight is 282 g/mol. The van der Waals surface area contributed by atoms with Crippen LogP contribution in [0.3, 0.4) is 0 Å². The Morgan fingerprint density at radius 1 is 1.40 bits per heavy atom. The van der Waals surface area contributed by atoms with Gasteiger partial charge in [-0.15, -0.1) is 0 Å². The summed E-state index contributed by atoms with van der Waals surface area (Å²) in [4.78, 5) is 13.4. The Morgan fingerprint density at radius 3 is 2.45 bits per heavy atom. The fourth-order valence-corrected chi connectivity index (χ4v) is 2.19. The third kappa shape index (κ3) is 3.50. The quantitative estimate of drug-likeness (QED) is 0.849. The predicted octanol–water partition coefficient (Wildman–Crippen LogP) is 1.12. The highest BCUT2D eigenvalue weighted by Crippen LogP contribution is 2.26. The zero-order valence-corrected chi connectivity index (χ0v) is 13.5. The summed E-state index contributed by atoms with van der Waals surface area (Å²) in [5.41, 5.74) is 2.02. The van der Waals surface area contributed by atoms with Crippen LogP contribution in [0.5, 0.6) is 5.88 Å². The minimum Gasteiger partial charge on any atom is -0.481 e. The molecule has 1 aromatic heterocycles. The van der Waals surface area contributed by atoms with Crippen LogP contribution in [0.15, 0.2) is 0 Å². The Morgan fingerprint density at radius 2 is 2.00 bits per heavy atom. The molecule has 0 bridgehead atoms. The molecular formula is C14H26N4O2. The molecule has 0 saturated heterocycles. The highest BCUT2D eigenvalue weighted by atomic mass is 16.5. The summed E-state index contributed by atoms with van der Waals surface area (Å²) < 4.78 is 7.15. The number of methoxy groups -OCH3 is 1. The van der Waals surface area contributed by atoms with Gasteiger partial charge in [0, 0.05) is 27.7 Å². The average Bonchev–Trinajstić information content (AvgIpc) is 2.71. The molecule has 0 radical (unpaired) electrons. The number of aryl methyl sites for hydroxylation is 1. The number of rotatable bonds is 6. The second-order valence-corrected chi connectivity index (χ2v) is 5.49. The second-order valence-electron chi connectivity index (χ2n) is 5.49. The summed E-state index contributed by atoms with van der Waals surface area (Å²) in [6, 6.07) is -0.241. The molecule has 6 heteroatoms. The lowest BCUT2D eigenvalue weighted by Crippen LogP contribution is -2.41. The van der Waals surface area contributed by atoms with Crippen LogP contribution in [0.25, 0.3) is 0 Å². The first kappa shape index (κ1) is 16.5. The van der Waals surface area contributed by atoms with E-state index in [1.807, 2.05) is 14.0 Å². The standard InChI is InChI=1S/C14H26N4O2/c1-9(2)12-11(14(20-7)18(6)16-12)8-15-10(3)13(19)17(4)5/h9-10,15H,8H2,1-7H3/t10-/m1/s1. The lowest BCUT2D eigenvalue weighted by Gasteiger charge is -2.18. The molecule has 1 N–H and O–H groups in total. The molecule has 0 aromatic carbocycles. The van der Waals surface area contributed by atoms with E-state index in [4.69, 9.17) is 4.74 Å². The SMILES string of the molecule is COc1c(CN[C@H](C)C(=O)N(C)C)c(C(C)C)nn1C. The fourth-order valence-electron chi connectivity index (χ4n) is 2.19. The molecule has 1 amide bonds. The van der Waals surface area contributed by atoms with E-state index in [0.717, 1.165) is 17.1 Å². The van der Waals surface area contributed by atoms with Crippen molar-refractivity contribution in [2.24, 2.45) is 7.05 Å². The topological polar surface area (TPSA) is 59.4 Å². The van der Waals surface area contributed by atoms with Gasteiger partial charge in [0.15, 0.2) is 0 Å². The maximum atomic E-state index is 11.9. The minimum absolute atomic E-state index is 0.0546. The largest absolute Gasteiger partial charge is 0.481 e. The van der Waals surface area contributed by atoms with Crippen molar-refractivity contribution in [1.29, 1.82) is 0 Å². The monoisotopic (exact) mass is 282 g/mol. The first-order valence-electron chi connectivity index (χ1n) is 6.83. The molecular weight excluding hydrogens is 256 g/mol. The van der Waals surface area contributed by atoms with E-state index in [2.05, 4.69) is 24.3 Å². The highest BCUT2D eigenvalue weighted by molar-refractivity contribution is 5.80. The number of nitrogens with one attached hydrogen (secondary N) is 1. The van der Waals surface area contributed by atoms with Gasteiger partial charge < -0.3 is 15.0 Å². The molecule has 6 nitrogen and oxygen atoms in total. The first-order chi connectivity index (χ1) is 9.29. The van der Waals surface area contributed by atoms with Crippen LogP contribution in [-0.4, -0.2) is 47.8 Å². The fraction of sp³-hybridized carbons (Fsp3) is 0.714. The molecule has 1 atom stereocenters. The van der Waals surface area contributed by atoms with Crippen molar-refractivity contribution in [2.75, 3.05) is 21.2 Å². The molecule has 1 rings (SSSR count). The van der Waals surface area contributed by atoms with Crippen LogP contribution in [-0.2, 0) is 18.4 Å². The third-order valence-corrected chi connectivity index (χ3v) is 3.26. The van der Waals surface area contributed by atoms with Gasteiger partial charge in [0.25, 0.3) is 0 Å². The van der Waals surface area contributed by atoms with E-state index in [-0.39, 0.29) is 11.9 Å². The normalized spacial score (nSPS) is 12.6. The van der Waals surface area contributed by atoms with Crippen molar-refractivity contribution >= 4 is 5.91 Å². The molecule has 1 heterocycles. The molecule has 20 heavy (non-hydrogen) atoms.